The molecule has 0 heterocycles. The van der Waals surface area contributed by atoms with Crippen molar-refractivity contribution in [1.29, 1.82) is 0 Å². The van der Waals surface area contributed by atoms with Crippen LogP contribution in [0.4, 0.5) is 0 Å². The van der Waals surface area contributed by atoms with Gasteiger partial charge in [-0.25, -0.2) is 0 Å². The Labute approximate surface area is 76.4 Å². The summed E-state index contributed by atoms with van der Waals surface area (Å²) in [5.41, 5.74) is 1.33. The molecule has 0 bridgehead atoms. The average Bonchev–Trinajstić information content (AvgIpc) is 2.55. The normalized spacial score (nSPS) is 21.2. The summed E-state index contributed by atoms with van der Waals surface area (Å²) in [6.45, 7) is 5.90. The van der Waals surface area contributed by atoms with Crippen molar-refractivity contribution in [2.45, 2.75) is 24.2 Å². The van der Waals surface area contributed by atoms with Crippen LogP contribution in [-0.4, -0.2) is 0 Å². The molecular formula is C10H13Ni. The molecule has 0 aromatic heterocycles. The molecule has 0 aromatic rings. The topological polar surface area (TPSA) is 0 Å². The minimum absolute atomic E-state index is 0.149. The van der Waals surface area contributed by atoms with E-state index in [0.29, 0.717) is 0 Å². The van der Waals surface area contributed by atoms with Gasteiger partial charge in [0.05, 0.1) is 0 Å². The maximum atomic E-state index is 5.12. The van der Waals surface area contributed by atoms with Gasteiger partial charge in [0.15, 0.2) is 0 Å². The average molecular weight is 192 g/mol. The Morgan fingerprint density at radius 2 is 2.55 bits per heavy atom. The number of hydrogen-bond acceptors (Lipinski definition) is 0. The standard InChI is InChI=1S/C10H13.Ni/c1-3-9(4-2)10-7-5-6-8-10;/h3,5-7H,1,4,8H2,2H3;. The SMILES string of the molecule is C=C[C]([Ni])(CC)C1=CC=CC1. The van der Waals surface area contributed by atoms with Crippen molar-refractivity contribution in [3.05, 3.63) is 36.5 Å². The summed E-state index contributed by atoms with van der Waals surface area (Å²) in [4.78, 5) is 0. The second-order valence-corrected chi connectivity index (χ2v) is 3.57. The van der Waals surface area contributed by atoms with E-state index in [0.717, 1.165) is 12.8 Å². The van der Waals surface area contributed by atoms with Gasteiger partial charge in [-0.1, -0.05) is 0 Å². The van der Waals surface area contributed by atoms with Gasteiger partial charge in [0.25, 0.3) is 0 Å². The Kier molecular flexibility index (Phi) is 2.73. The van der Waals surface area contributed by atoms with Crippen LogP contribution in [0.2, 0.25) is 4.38 Å². The molecule has 0 fully saturated rings. The first kappa shape index (κ1) is 8.81. The van der Waals surface area contributed by atoms with Crippen LogP contribution in [0.1, 0.15) is 19.8 Å². The van der Waals surface area contributed by atoms with Crippen molar-refractivity contribution in [1.82, 2.24) is 0 Å². The van der Waals surface area contributed by atoms with Crippen molar-refractivity contribution in [3.8, 4) is 0 Å². The fourth-order valence-electron chi connectivity index (χ4n) is 1.25. The Balaban J connectivity index is 2.78. The Morgan fingerprint density at radius 1 is 1.82 bits per heavy atom. The van der Waals surface area contributed by atoms with Crippen molar-refractivity contribution in [3.63, 3.8) is 0 Å². The van der Waals surface area contributed by atoms with Crippen molar-refractivity contribution in [2.75, 3.05) is 0 Å². The van der Waals surface area contributed by atoms with E-state index >= 15 is 0 Å². The summed E-state index contributed by atoms with van der Waals surface area (Å²) in [6.07, 6.45) is 10.2. The van der Waals surface area contributed by atoms with Gasteiger partial charge in [-0.3, -0.25) is 0 Å². The second-order valence-electron chi connectivity index (χ2n) is 2.69. The first-order valence-corrected chi connectivity index (χ1v) is 4.38. The molecule has 0 aliphatic heterocycles. The van der Waals surface area contributed by atoms with E-state index in [4.69, 9.17) is 15.5 Å². The molecule has 0 radical (unpaired) electrons. The van der Waals surface area contributed by atoms with Crippen LogP contribution >= 0.6 is 0 Å². The van der Waals surface area contributed by atoms with Gasteiger partial charge in [0, 0.05) is 0 Å². The predicted molar refractivity (Wildman–Crippen MR) is 45.0 cm³/mol. The van der Waals surface area contributed by atoms with Crippen LogP contribution in [0.3, 0.4) is 0 Å². The van der Waals surface area contributed by atoms with Crippen LogP contribution in [0, 0.1) is 0 Å². The van der Waals surface area contributed by atoms with E-state index in [1.165, 1.54) is 5.57 Å². The molecule has 63 valence electrons. The van der Waals surface area contributed by atoms with Crippen molar-refractivity contribution in [2.24, 2.45) is 0 Å². The zero-order chi connectivity index (χ0) is 8.32. The Morgan fingerprint density at radius 3 is 2.91 bits per heavy atom. The molecule has 1 heteroatoms. The molecule has 0 saturated carbocycles. The summed E-state index contributed by atoms with van der Waals surface area (Å²) >= 11 is 5.12. The van der Waals surface area contributed by atoms with Crippen LogP contribution in [0.5, 0.6) is 0 Å². The van der Waals surface area contributed by atoms with E-state index in [2.05, 4.69) is 31.7 Å². The third-order valence-corrected chi connectivity index (χ3v) is 2.96. The summed E-state index contributed by atoms with van der Waals surface area (Å²) in [5.74, 6) is 0. The van der Waals surface area contributed by atoms with Crippen LogP contribution in [-0.2, 0) is 15.5 Å². The molecular weight excluding hydrogens is 179 g/mol. The van der Waals surface area contributed by atoms with Crippen LogP contribution < -0.4 is 0 Å². The minimum atomic E-state index is -0.149. The summed E-state index contributed by atoms with van der Waals surface area (Å²) in [7, 11) is 0. The van der Waals surface area contributed by atoms with Gasteiger partial charge in [0.1, 0.15) is 0 Å². The fourth-order valence-corrected chi connectivity index (χ4v) is 1.43. The van der Waals surface area contributed by atoms with Crippen molar-refractivity contribution < 1.29 is 15.5 Å². The predicted octanol–water partition coefficient (Wildman–Crippen LogP) is 3.17. The molecule has 0 nitrogen and oxygen atoms in total. The van der Waals surface area contributed by atoms with E-state index < -0.39 is 0 Å². The fraction of sp³-hybridized carbons (Fsp3) is 0.400. The number of hydrogen-bond donors (Lipinski definition) is 0. The monoisotopic (exact) mass is 191 g/mol. The molecule has 1 aliphatic rings. The molecule has 1 rings (SSSR count). The first-order chi connectivity index (χ1) is 5.23. The molecule has 1 atom stereocenters. The molecule has 0 saturated heterocycles. The third kappa shape index (κ3) is 1.65. The Bertz CT molecular complexity index is 213. The molecule has 0 spiro atoms. The summed E-state index contributed by atoms with van der Waals surface area (Å²) < 4.78 is -0.149. The molecule has 1 aliphatic carbocycles. The first-order valence-electron chi connectivity index (χ1n) is 3.88. The van der Waals surface area contributed by atoms with Gasteiger partial charge in [0.2, 0.25) is 0 Å². The zero-order valence-corrected chi connectivity index (χ0v) is 7.73. The molecule has 0 N–H and O–H groups in total. The van der Waals surface area contributed by atoms with Crippen LogP contribution in [0.25, 0.3) is 0 Å². The molecule has 0 amide bonds. The third-order valence-electron chi connectivity index (χ3n) is 2.09. The molecule has 0 aromatic carbocycles. The number of rotatable bonds is 3. The summed E-state index contributed by atoms with van der Waals surface area (Å²) in [6, 6.07) is 0. The van der Waals surface area contributed by atoms with E-state index in [-0.39, 0.29) is 4.38 Å². The maximum absolute atomic E-state index is 5.12. The van der Waals surface area contributed by atoms with Gasteiger partial charge in [-0.05, 0) is 0 Å². The van der Waals surface area contributed by atoms with Gasteiger partial charge in [-0.15, -0.1) is 0 Å². The second kappa shape index (κ2) is 3.41. The summed E-state index contributed by atoms with van der Waals surface area (Å²) in [5, 5.41) is 0. The van der Waals surface area contributed by atoms with E-state index in [1.807, 2.05) is 6.08 Å². The quantitative estimate of drug-likeness (QED) is 0.475. The zero-order valence-electron chi connectivity index (χ0n) is 6.75. The van der Waals surface area contributed by atoms with Gasteiger partial charge >= 0.3 is 76.1 Å². The van der Waals surface area contributed by atoms with E-state index in [9.17, 15) is 0 Å². The number of allylic oxidation sites excluding steroid dienone is 5. The molecule has 11 heavy (non-hydrogen) atoms. The van der Waals surface area contributed by atoms with Crippen molar-refractivity contribution >= 4 is 0 Å². The van der Waals surface area contributed by atoms with Crippen LogP contribution in [0.15, 0.2) is 36.5 Å². The Hall–Kier alpha value is -0.286. The molecule has 1 unspecified atom stereocenters. The van der Waals surface area contributed by atoms with Gasteiger partial charge < -0.3 is 0 Å². The van der Waals surface area contributed by atoms with E-state index in [1.54, 1.807) is 0 Å². The van der Waals surface area contributed by atoms with Gasteiger partial charge in [-0.2, -0.15) is 0 Å².